The van der Waals surface area contributed by atoms with E-state index in [1.165, 1.54) is 0 Å². The molecule has 1 unspecified atom stereocenters. The van der Waals surface area contributed by atoms with Gasteiger partial charge in [0.1, 0.15) is 13.7 Å². The molecular weight excluding hydrogens is 316 g/mol. The summed E-state index contributed by atoms with van der Waals surface area (Å²) in [6, 6.07) is 9.95. The van der Waals surface area contributed by atoms with Gasteiger partial charge in [0, 0.05) is 5.92 Å². The molecule has 0 spiro atoms. The molecule has 0 saturated heterocycles. The summed E-state index contributed by atoms with van der Waals surface area (Å²) in [4.78, 5) is 12.4. The minimum atomic E-state index is -1.55. The van der Waals surface area contributed by atoms with Crippen molar-refractivity contribution in [1.29, 1.82) is 0 Å². The number of ether oxygens (including phenoxy) is 1. The Kier molecular flexibility index (Phi) is 5.90. The lowest BCUT2D eigenvalue weighted by atomic mass is 9.69. The Morgan fingerprint density at radius 2 is 2.00 bits per heavy atom. The van der Waals surface area contributed by atoms with Crippen LogP contribution in [0.15, 0.2) is 30.3 Å². The average molecular weight is 345 g/mol. The number of rotatable bonds is 3. The summed E-state index contributed by atoms with van der Waals surface area (Å²) in [6.45, 7) is 8.72. The Balaban J connectivity index is 2.30. The first-order valence-electron chi connectivity index (χ1n) is 8.72. The minimum Gasteiger partial charge on any atom is -0.466 e. The average Bonchev–Trinajstić information content (AvgIpc) is 2.53. The summed E-state index contributed by atoms with van der Waals surface area (Å²) in [7, 11) is -1.55. The molecule has 1 saturated carbocycles. The SMILES string of the molecule is CCOC(=O)[C@@H]1CCC(O)(C#C[Si](C)(C)C)C[C@H]1c1ccccc1. The maximum absolute atomic E-state index is 12.4. The molecule has 1 aliphatic carbocycles. The quantitative estimate of drug-likeness (QED) is 0.516. The van der Waals surface area contributed by atoms with Gasteiger partial charge in [-0.1, -0.05) is 55.9 Å². The zero-order valence-electron chi connectivity index (χ0n) is 15.1. The summed E-state index contributed by atoms with van der Waals surface area (Å²) in [5.41, 5.74) is 3.36. The van der Waals surface area contributed by atoms with E-state index < -0.39 is 13.7 Å². The van der Waals surface area contributed by atoms with Crippen LogP contribution in [0.3, 0.4) is 0 Å². The third-order valence-corrected chi connectivity index (χ3v) is 5.27. The molecule has 0 radical (unpaired) electrons. The molecule has 0 amide bonds. The van der Waals surface area contributed by atoms with Gasteiger partial charge in [0.2, 0.25) is 0 Å². The van der Waals surface area contributed by atoms with E-state index in [4.69, 9.17) is 4.74 Å². The first-order valence-corrected chi connectivity index (χ1v) is 12.2. The lowest BCUT2D eigenvalue weighted by Crippen LogP contribution is -2.40. The molecule has 3 atom stereocenters. The molecule has 2 rings (SSSR count). The van der Waals surface area contributed by atoms with Crippen molar-refractivity contribution in [2.24, 2.45) is 5.92 Å². The number of aliphatic hydroxyl groups is 1. The molecule has 0 bridgehead atoms. The lowest BCUT2D eigenvalue weighted by Gasteiger charge is -2.38. The van der Waals surface area contributed by atoms with E-state index in [0.29, 0.717) is 25.9 Å². The van der Waals surface area contributed by atoms with Crippen molar-refractivity contribution in [2.45, 2.75) is 57.3 Å². The van der Waals surface area contributed by atoms with Crippen molar-refractivity contribution in [3.05, 3.63) is 35.9 Å². The van der Waals surface area contributed by atoms with Gasteiger partial charge in [0.25, 0.3) is 0 Å². The molecule has 1 aromatic rings. The normalized spacial score (nSPS) is 27.0. The van der Waals surface area contributed by atoms with Crippen molar-refractivity contribution >= 4 is 14.0 Å². The van der Waals surface area contributed by atoms with Gasteiger partial charge in [-0.05, 0) is 31.7 Å². The van der Waals surface area contributed by atoms with Crippen LogP contribution in [0.25, 0.3) is 0 Å². The Hall–Kier alpha value is -1.57. The number of hydrogen-bond acceptors (Lipinski definition) is 3. The second-order valence-electron chi connectivity index (χ2n) is 7.65. The Morgan fingerprint density at radius 1 is 1.33 bits per heavy atom. The van der Waals surface area contributed by atoms with Gasteiger partial charge in [0.15, 0.2) is 0 Å². The van der Waals surface area contributed by atoms with E-state index >= 15 is 0 Å². The Labute approximate surface area is 146 Å². The second-order valence-corrected chi connectivity index (χ2v) is 12.4. The number of benzene rings is 1. The van der Waals surface area contributed by atoms with Gasteiger partial charge in [0.05, 0.1) is 12.5 Å². The second kappa shape index (κ2) is 7.54. The lowest BCUT2D eigenvalue weighted by molar-refractivity contribution is -0.151. The standard InChI is InChI=1S/C20H28O3Si/c1-5-23-19(21)17-11-12-20(22,13-14-24(2,3)4)15-18(17)16-9-7-6-8-10-16/h6-10,17-18,22H,5,11-12,15H2,1-4H3/t17-,18+,20?/m1/s1. The first kappa shape index (κ1) is 18.8. The molecule has 130 valence electrons. The summed E-state index contributed by atoms with van der Waals surface area (Å²) in [6.07, 6.45) is 1.62. The van der Waals surface area contributed by atoms with E-state index in [1.807, 2.05) is 37.3 Å². The topological polar surface area (TPSA) is 46.5 Å². The van der Waals surface area contributed by atoms with E-state index in [-0.39, 0.29) is 17.8 Å². The van der Waals surface area contributed by atoms with Crippen molar-refractivity contribution in [2.75, 3.05) is 6.61 Å². The third kappa shape index (κ3) is 4.96. The highest BCUT2D eigenvalue weighted by Crippen LogP contribution is 2.43. The van der Waals surface area contributed by atoms with Gasteiger partial charge in [-0.3, -0.25) is 4.79 Å². The maximum atomic E-state index is 12.4. The van der Waals surface area contributed by atoms with E-state index in [2.05, 4.69) is 31.1 Å². The monoisotopic (exact) mass is 344 g/mol. The Bertz CT molecular complexity index is 624. The Morgan fingerprint density at radius 3 is 2.58 bits per heavy atom. The van der Waals surface area contributed by atoms with Crippen LogP contribution >= 0.6 is 0 Å². The number of carbonyl (C=O) groups is 1. The minimum absolute atomic E-state index is 0.0556. The van der Waals surface area contributed by atoms with Crippen LogP contribution in [-0.2, 0) is 9.53 Å². The molecule has 1 aromatic carbocycles. The van der Waals surface area contributed by atoms with Crippen molar-refractivity contribution < 1.29 is 14.6 Å². The molecular formula is C20H28O3Si. The van der Waals surface area contributed by atoms with E-state index in [1.54, 1.807) is 0 Å². The van der Waals surface area contributed by atoms with Crippen LogP contribution in [0.1, 0.15) is 37.7 Å². The van der Waals surface area contributed by atoms with Crippen molar-refractivity contribution in [3.8, 4) is 11.5 Å². The first-order chi connectivity index (χ1) is 11.2. The van der Waals surface area contributed by atoms with E-state index in [0.717, 1.165) is 5.56 Å². The molecule has 1 N–H and O–H groups in total. The van der Waals surface area contributed by atoms with Crippen LogP contribution < -0.4 is 0 Å². The van der Waals surface area contributed by atoms with Crippen molar-refractivity contribution in [1.82, 2.24) is 0 Å². The molecule has 3 nitrogen and oxygen atoms in total. The summed E-state index contributed by atoms with van der Waals surface area (Å²) >= 11 is 0. The highest BCUT2D eigenvalue weighted by atomic mass is 28.3. The number of carbonyl (C=O) groups excluding carboxylic acids is 1. The van der Waals surface area contributed by atoms with E-state index in [9.17, 15) is 9.90 Å². The largest absolute Gasteiger partial charge is 0.466 e. The van der Waals surface area contributed by atoms with Crippen LogP contribution in [0.2, 0.25) is 19.6 Å². The fraction of sp³-hybridized carbons (Fsp3) is 0.550. The molecule has 24 heavy (non-hydrogen) atoms. The fourth-order valence-electron chi connectivity index (χ4n) is 3.20. The van der Waals surface area contributed by atoms with Gasteiger partial charge in [-0.25, -0.2) is 0 Å². The zero-order chi connectivity index (χ0) is 17.8. The van der Waals surface area contributed by atoms with Crippen LogP contribution in [0.4, 0.5) is 0 Å². The third-order valence-electron chi connectivity index (χ3n) is 4.40. The summed E-state index contributed by atoms with van der Waals surface area (Å²) in [5, 5.41) is 11.0. The number of esters is 1. The van der Waals surface area contributed by atoms with Crippen LogP contribution in [0.5, 0.6) is 0 Å². The van der Waals surface area contributed by atoms with Crippen LogP contribution in [0, 0.1) is 17.4 Å². The zero-order valence-corrected chi connectivity index (χ0v) is 16.1. The van der Waals surface area contributed by atoms with Gasteiger partial charge >= 0.3 is 5.97 Å². The summed E-state index contributed by atoms with van der Waals surface area (Å²) in [5.74, 6) is 2.72. The maximum Gasteiger partial charge on any atom is 0.309 e. The fourth-order valence-corrected chi connectivity index (χ4v) is 3.81. The van der Waals surface area contributed by atoms with Crippen molar-refractivity contribution in [3.63, 3.8) is 0 Å². The molecule has 0 aromatic heterocycles. The highest BCUT2D eigenvalue weighted by molar-refractivity contribution is 6.83. The molecule has 0 heterocycles. The molecule has 4 heteroatoms. The highest BCUT2D eigenvalue weighted by Gasteiger charge is 2.43. The molecule has 1 aliphatic rings. The predicted octanol–water partition coefficient (Wildman–Crippen LogP) is 3.75. The van der Waals surface area contributed by atoms with Gasteiger partial charge in [-0.2, -0.15) is 0 Å². The summed E-state index contributed by atoms with van der Waals surface area (Å²) < 4.78 is 5.27. The van der Waals surface area contributed by atoms with Gasteiger partial charge in [-0.15, -0.1) is 5.54 Å². The smallest absolute Gasteiger partial charge is 0.309 e. The predicted molar refractivity (Wildman–Crippen MR) is 99.2 cm³/mol. The number of hydrogen-bond donors (Lipinski definition) is 1. The van der Waals surface area contributed by atoms with Crippen LogP contribution in [-0.4, -0.2) is 31.4 Å². The molecule has 1 fully saturated rings. The molecule has 0 aliphatic heterocycles. The van der Waals surface area contributed by atoms with Gasteiger partial charge < -0.3 is 9.84 Å².